The van der Waals surface area contributed by atoms with E-state index in [1.54, 1.807) is 0 Å². The number of hydrogen-bond acceptors (Lipinski definition) is 3. The topological polar surface area (TPSA) is 42.0 Å². The summed E-state index contributed by atoms with van der Waals surface area (Å²) in [7, 11) is 0. The smallest absolute Gasteiger partial charge is 0.229 e. The Kier molecular flexibility index (Phi) is 3.66. The highest BCUT2D eigenvalue weighted by atomic mass is 79.9. The quantitative estimate of drug-likeness (QED) is 0.907. The highest BCUT2D eigenvalue weighted by Gasteiger charge is 2.25. The molecule has 1 saturated carbocycles. The lowest BCUT2D eigenvalue weighted by Gasteiger charge is -2.23. The lowest BCUT2D eigenvalue weighted by molar-refractivity contribution is -0.122. The van der Waals surface area contributed by atoms with Crippen LogP contribution in [0.3, 0.4) is 0 Å². The van der Waals surface area contributed by atoms with Crippen LogP contribution in [0.1, 0.15) is 19.3 Å². The zero-order valence-electron chi connectivity index (χ0n) is 10.2. The zero-order chi connectivity index (χ0) is 13.2. The van der Waals surface area contributed by atoms with Crippen molar-refractivity contribution in [2.45, 2.75) is 19.3 Å². The molecule has 0 radical (unpaired) electrons. The molecule has 1 aromatic heterocycles. The van der Waals surface area contributed by atoms with Crippen LogP contribution in [0.5, 0.6) is 0 Å². The summed E-state index contributed by atoms with van der Waals surface area (Å²) in [5.41, 5.74) is 1.96. The predicted octanol–water partition coefficient (Wildman–Crippen LogP) is 4.31. The van der Waals surface area contributed by atoms with Crippen molar-refractivity contribution < 1.29 is 4.79 Å². The number of carbonyl (C=O) groups is 1. The third-order valence-electron chi connectivity index (χ3n) is 3.35. The van der Waals surface area contributed by atoms with E-state index >= 15 is 0 Å². The van der Waals surface area contributed by atoms with Crippen molar-refractivity contribution in [3.05, 3.63) is 34.1 Å². The fraction of sp³-hybridized carbons (Fsp3) is 0.286. The molecule has 3 nitrogen and oxygen atoms in total. The average Bonchev–Trinajstić information content (AvgIpc) is 2.76. The molecule has 2 aromatic rings. The van der Waals surface area contributed by atoms with Gasteiger partial charge < -0.3 is 5.32 Å². The molecule has 1 amide bonds. The lowest BCUT2D eigenvalue weighted by Crippen LogP contribution is -2.27. The van der Waals surface area contributed by atoms with E-state index in [0.717, 1.165) is 28.6 Å². The molecule has 3 rings (SSSR count). The Labute approximate surface area is 124 Å². The molecule has 0 spiro atoms. The minimum Gasteiger partial charge on any atom is -0.302 e. The molecule has 0 unspecified atom stereocenters. The first-order valence-corrected chi connectivity index (χ1v) is 7.92. The molecular weight excluding hydrogens is 324 g/mol. The maximum Gasteiger partial charge on any atom is 0.229 e. The standard InChI is InChI=1S/C14H13BrN2OS/c15-11-6-4-9(5-7-11)12-8-19-14(16-12)17-13(18)10-2-1-3-10/h4-8,10H,1-3H2,(H,16,17,18). The number of carbonyl (C=O) groups excluding carboxylic acids is 1. The van der Waals surface area contributed by atoms with Crippen molar-refractivity contribution >= 4 is 38.3 Å². The summed E-state index contributed by atoms with van der Waals surface area (Å²) < 4.78 is 1.05. The summed E-state index contributed by atoms with van der Waals surface area (Å²) in [4.78, 5) is 16.3. The van der Waals surface area contributed by atoms with Gasteiger partial charge in [-0.25, -0.2) is 4.98 Å². The highest BCUT2D eigenvalue weighted by molar-refractivity contribution is 9.10. The average molecular weight is 337 g/mol. The van der Waals surface area contributed by atoms with Crippen molar-refractivity contribution in [1.29, 1.82) is 0 Å². The van der Waals surface area contributed by atoms with Gasteiger partial charge in [0.15, 0.2) is 5.13 Å². The summed E-state index contributed by atoms with van der Waals surface area (Å²) in [6.07, 6.45) is 3.19. The molecule has 1 fully saturated rings. The lowest BCUT2D eigenvalue weighted by atomic mass is 9.85. The molecular formula is C14H13BrN2OS. The third-order valence-corrected chi connectivity index (χ3v) is 4.64. The van der Waals surface area contributed by atoms with Crippen molar-refractivity contribution in [2.75, 3.05) is 5.32 Å². The van der Waals surface area contributed by atoms with Crippen LogP contribution < -0.4 is 5.32 Å². The molecule has 1 aliphatic rings. The fourth-order valence-electron chi connectivity index (χ4n) is 1.96. The largest absolute Gasteiger partial charge is 0.302 e. The van der Waals surface area contributed by atoms with Gasteiger partial charge in [0.05, 0.1) is 5.69 Å². The number of amides is 1. The van der Waals surface area contributed by atoms with Crippen LogP contribution in [0.2, 0.25) is 0 Å². The van der Waals surface area contributed by atoms with Gasteiger partial charge in [-0.2, -0.15) is 0 Å². The van der Waals surface area contributed by atoms with E-state index in [0.29, 0.717) is 5.13 Å². The van der Waals surface area contributed by atoms with Gasteiger partial charge in [0.25, 0.3) is 0 Å². The van der Waals surface area contributed by atoms with Crippen molar-refractivity contribution in [1.82, 2.24) is 4.98 Å². The molecule has 1 heterocycles. The van der Waals surface area contributed by atoms with E-state index in [9.17, 15) is 4.79 Å². The van der Waals surface area contributed by atoms with Crippen LogP contribution in [-0.4, -0.2) is 10.9 Å². The van der Waals surface area contributed by atoms with Crippen LogP contribution in [-0.2, 0) is 4.79 Å². The second-order valence-electron chi connectivity index (χ2n) is 4.66. The Hall–Kier alpha value is -1.20. The Morgan fingerprint density at radius 3 is 2.68 bits per heavy atom. The van der Waals surface area contributed by atoms with Crippen molar-refractivity contribution in [3.63, 3.8) is 0 Å². The number of aromatic nitrogens is 1. The number of halogens is 1. The second kappa shape index (κ2) is 5.43. The Morgan fingerprint density at radius 2 is 2.05 bits per heavy atom. The first-order valence-electron chi connectivity index (χ1n) is 6.25. The van der Waals surface area contributed by atoms with E-state index in [1.165, 1.54) is 17.8 Å². The number of nitrogens with one attached hydrogen (secondary N) is 1. The van der Waals surface area contributed by atoms with E-state index in [4.69, 9.17) is 0 Å². The molecule has 1 N–H and O–H groups in total. The van der Waals surface area contributed by atoms with E-state index in [-0.39, 0.29) is 11.8 Å². The van der Waals surface area contributed by atoms with E-state index in [1.807, 2.05) is 29.6 Å². The Balaban J connectivity index is 1.72. The van der Waals surface area contributed by atoms with Gasteiger partial charge in [-0.1, -0.05) is 34.5 Å². The van der Waals surface area contributed by atoms with Gasteiger partial charge in [-0.3, -0.25) is 4.79 Å². The summed E-state index contributed by atoms with van der Waals surface area (Å²) in [5.74, 6) is 0.308. The van der Waals surface area contributed by atoms with Crippen molar-refractivity contribution in [3.8, 4) is 11.3 Å². The van der Waals surface area contributed by atoms with Gasteiger partial charge >= 0.3 is 0 Å². The maximum atomic E-state index is 11.8. The van der Waals surface area contributed by atoms with Crippen LogP contribution in [0.25, 0.3) is 11.3 Å². The summed E-state index contributed by atoms with van der Waals surface area (Å²) in [6.45, 7) is 0. The molecule has 0 saturated heterocycles. The minimum absolute atomic E-state index is 0.114. The molecule has 98 valence electrons. The first kappa shape index (κ1) is 12.8. The molecule has 0 bridgehead atoms. The SMILES string of the molecule is O=C(Nc1nc(-c2ccc(Br)cc2)cs1)C1CCC1. The van der Waals surface area contributed by atoms with Gasteiger partial charge in [0.1, 0.15) is 0 Å². The summed E-state index contributed by atoms with van der Waals surface area (Å²) >= 11 is 4.89. The molecule has 0 atom stereocenters. The number of rotatable bonds is 3. The number of hydrogen-bond donors (Lipinski definition) is 1. The molecule has 0 aliphatic heterocycles. The van der Waals surface area contributed by atoms with Crippen LogP contribution in [0, 0.1) is 5.92 Å². The number of benzene rings is 1. The second-order valence-corrected chi connectivity index (χ2v) is 6.44. The number of anilines is 1. The molecule has 1 aromatic carbocycles. The monoisotopic (exact) mass is 336 g/mol. The van der Waals surface area contributed by atoms with Crippen LogP contribution in [0.15, 0.2) is 34.1 Å². The Bertz CT molecular complexity index is 590. The summed E-state index contributed by atoms with van der Waals surface area (Å²) in [6, 6.07) is 8.00. The highest BCUT2D eigenvalue weighted by Crippen LogP contribution is 2.30. The van der Waals surface area contributed by atoms with Crippen molar-refractivity contribution in [2.24, 2.45) is 5.92 Å². The summed E-state index contributed by atoms with van der Waals surface area (Å²) in [5, 5.41) is 5.57. The normalized spacial score (nSPS) is 15.0. The number of thiazole rings is 1. The van der Waals surface area contributed by atoms with Crippen LogP contribution in [0.4, 0.5) is 5.13 Å². The van der Waals surface area contributed by atoms with Gasteiger partial charge in [0, 0.05) is 21.3 Å². The van der Waals surface area contributed by atoms with Gasteiger partial charge in [0.2, 0.25) is 5.91 Å². The minimum atomic E-state index is 0.114. The molecule has 5 heteroatoms. The molecule has 1 aliphatic carbocycles. The van der Waals surface area contributed by atoms with Gasteiger partial charge in [-0.05, 0) is 25.0 Å². The third kappa shape index (κ3) is 2.87. The fourth-order valence-corrected chi connectivity index (χ4v) is 2.95. The Morgan fingerprint density at radius 1 is 1.32 bits per heavy atom. The zero-order valence-corrected chi connectivity index (χ0v) is 12.6. The van der Waals surface area contributed by atoms with E-state index in [2.05, 4.69) is 26.2 Å². The predicted molar refractivity (Wildman–Crippen MR) is 81.2 cm³/mol. The van der Waals surface area contributed by atoms with Gasteiger partial charge in [-0.15, -0.1) is 11.3 Å². The molecule has 19 heavy (non-hydrogen) atoms. The maximum absolute atomic E-state index is 11.8. The van der Waals surface area contributed by atoms with Crippen LogP contribution >= 0.6 is 27.3 Å². The first-order chi connectivity index (χ1) is 9.22. The van der Waals surface area contributed by atoms with E-state index < -0.39 is 0 Å². The number of nitrogens with zero attached hydrogens (tertiary/aromatic N) is 1.